The van der Waals surface area contributed by atoms with Crippen LogP contribution in [0.1, 0.15) is 0 Å². The highest BCUT2D eigenvalue weighted by Gasteiger charge is 2.09. The molecule has 0 aromatic carbocycles. The molecule has 1 aromatic rings. The predicted octanol–water partition coefficient (Wildman–Crippen LogP) is -0.131. The van der Waals surface area contributed by atoms with Crippen LogP contribution in [0.2, 0.25) is 5.02 Å². The number of hydrogen-bond donors (Lipinski definition) is 3. The standard InChI is InChI=1S/C7H9ClN2O3S/c8-5-6(13)9-3-10-7(5)14-2-4(12)1-11/h3-4,11-12H,1-2H2,(H,9,10,13). The molecule has 0 bridgehead atoms. The summed E-state index contributed by atoms with van der Waals surface area (Å²) in [6.07, 6.45) is 0.402. The molecule has 0 spiro atoms. The molecule has 0 aliphatic rings. The van der Waals surface area contributed by atoms with Gasteiger partial charge in [0.05, 0.1) is 19.0 Å². The van der Waals surface area contributed by atoms with Crippen LogP contribution in [-0.4, -0.2) is 38.6 Å². The lowest BCUT2D eigenvalue weighted by Crippen LogP contribution is -2.15. The Morgan fingerprint density at radius 3 is 3.07 bits per heavy atom. The van der Waals surface area contributed by atoms with E-state index < -0.39 is 11.7 Å². The number of nitrogens with zero attached hydrogens (tertiary/aromatic N) is 1. The third kappa shape index (κ3) is 2.98. The summed E-state index contributed by atoms with van der Waals surface area (Å²) < 4.78 is 0. The minimum atomic E-state index is -0.836. The van der Waals surface area contributed by atoms with E-state index in [-0.39, 0.29) is 17.4 Å². The normalized spacial score (nSPS) is 12.8. The quantitative estimate of drug-likeness (QED) is 0.501. The van der Waals surface area contributed by atoms with Crippen molar-refractivity contribution in [3.05, 3.63) is 21.7 Å². The van der Waals surface area contributed by atoms with Crippen LogP contribution in [0.3, 0.4) is 0 Å². The number of aliphatic hydroxyl groups excluding tert-OH is 2. The van der Waals surface area contributed by atoms with E-state index in [9.17, 15) is 4.79 Å². The zero-order chi connectivity index (χ0) is 10.6. The van der Waals surface area contributed by atoms with Crippen LogP contribution < -0.4 is 5.56 Å². The average Bonchev–Trinajstić information content (AvgIpc) is 2.20. The Morgan fingerprint density at radius 2 is 2.43 bits per heavy atom. The van der Waals surface area contributed by atoms with Crippen LogP contribution in [-0.2, 0) is 0 Å². The highest BCUT2D eigenvalue weighted by Crippen LogP contribution is 2.21. The van der Waals surface area contributed by atoms with Crippen molar-refractivity contribution in [3.63, 3.8) is 0 Å². The smallest absolute Gasteiger partial charge is 0.270 e. The largest absolute Gasteiger partial charge is 0.394 e. The van der Waals surface area contributed by atoms with Crippen molar-refractivity contribution in [2.75, 3.05) is 12.4 Å². The highest BCUT2D eigenvalue weighted by atomic mass is 35.5. The molecule has 0 saturated heterocycles. The first-order valence-electron chi connectivity index (χ1n) is 3.80. The number of aromatic nitrogens is 2. The monoisotopic (exact) mass is 236 g/mol. The second-order valence-electron chi connectivity index (χ2n) is 2.50. The lowest BCUT2D eigenvalue weighted by Gasteiger charge is -2.05. The van der Waals surface area contributed by atoms with Gasteiger partial charge in [0.1, 0.15) is 10.0 Å². The predicted molar refractivity (Wildman–Crippen MR) is 53.7 cm³/mol. The van der Waals surface area contributed by atoms with Crippen LogP contribution in [0.15, 0.2) is 16.1 Å². The maximum Gasteiger partial charge on any atom is 0.270 e. The minimum Gasteiger partial charge on any atom is -0.394 e. The van der Waals surface area contributed by atoms with Crippen molar-refractivity contribution in [2.24, 2.45) is 0 Å². The Balaban J connectivity index is 2.68. The number of thioether (sulfide) groups is 1. The summed E-state index contributed by atoms with van der Waals surface area (Å²) in [6, 6.07) is 0. The molecule has 0 radical (unpaired) electrons. The molecule has 1 rings (SSSR count). The zero-order valence-corrected chi connectivity index (χ0v) is 8.68. The summed E-state index contributed by atoms with van der Waals surface area (Å²) in [5, 5.41) is 18.0. The number of hydrogen-bond acceptors (Lipinski definition) is 5. The van der Waals surface area contributed by atoms with Crippen LogP contribution in [0, 0.1) is 0 Å². The Morgan fingerprint density at radius 1 is 1.71 bits per heavy atom. The summed E-state index contributed by atoms with van der Waals surface area (Å²) >= 11 is 6.77. The molecule has 0 fully saturated rings. The van der Waals surface area contributed by atoms with Gasteiger partial charge in [-0.15, -0.1) is 11.8 Å². The average molecular weight is 237 g/mol. The molecule has 1 heterocycles. The molecular weight excluding hydrogens is 228 g/mol. The van der Waals surface area contributed by atoms with Gasteiger partial charge in [-0.2, -0.15) is 0 Å². The Labute approximate surface area is 89.1 Å². The van der Waals surface area contributed by atoms with E-state index >= 15 is 0 Å². The van der Waals surface area contributed by atoms with Gasteiger partial charge in [0.15, 0.2) is 0 Å². The van der Waals surface area contributed by atoms with E-state index in [1.165, 1.54) is 6.33 Å². The minimum absolute atomic E-state index is 0.00244. The number of H-pyrrole nitrogens is 1. The molecule has 78 valence electrons. The van der Waals surface area contributed by atoms with Gasteiger partial charge >= 0.3 is 0 Å². The topological polar surface area (TPSA) is 86.2 Å². The number of aromatic amines is 1. The molecule has 3 N–H and O–H groups in total. The van der Waals surface area contributed by atoms with Crippen molar-refractivity contribution >= 4 is 23.4 Å². The van der Waals surface area contributed by atoms with Gasteiger partial charge in [-0.05, 0) is 0 Å². The molecule has 1 aromatic heterocycles. The first kappa shape index (κ1) is 11.5. The van der Waals surface area contributed by atoms with E-state index in [0.29, 0.717) is 5.03 Å². The van der Waals surface area contributed by atoms with Crippen molar-refractivity contribution in [1.29, 1.82) is 0 Å². The maximum atomic E-state index is 11.0. The molecule has 0 saturated carbocycles. The van der Waals surface area contributed by atoms with Gasteiger partial charge in [-0.1, -0.05) is 11.6 Å². The van der Waals surface area contributed by atoms with Gasteiger partial charge in [0.25, 0.3) is 5.56 Å². The van der Waals surface area contributed by atoms with Gasteiger partial charge < -0.3 is 15.2 Å². The number of nitrogens with one attached hydrogen (secondary N) is 1. The lowest BCUT2D eigenvalue weighted by atomic mass is 10.4. The molecule has 1 unspecified atom stereocenters. The molecule has 7 heteroatoms. The second kappa shape index (κ2) is 5.35. The number of aliphatic hydroxyl groups is 2. The first-order chi connectivity index (χ1) is 6.65. The van der Waals surface area contributed by atoms with Gasteiger partial charge in [0.2, 0.25) is 0 Å². The van der Waals surface area contributed by atoms with Crippen LogP contribution in [0.25, 0.3) is 0 Å². The van der Waals surface area contributed by atoms with Crippen LogP contribution >= 0.6 is 23.4 Å². The second-order valence-corrected chi connectivity index (χ2v) is 3.88. The molecule has 5 nitrogen and oxygen atoms in total. The number of halogens is 1. The van der Waals surface area contributed by atoms with E-state index in [1.807, 2.05) is 0 Å². The van der Waals surface area contributed by atoms with Crippen molar-refractivity contribution in [1.82, 2.24) is 9.97 Å². The fourth-order valence-corrected chi connectivity index (χ4v) is 1.76. The number of rotatable bonds is 4. The molecule has 14 heavy (non-hydrogen) atoms. The Bertz CT molecular complexity index is 357. The highest BCUT2D eigenvalue weighted by molar-refractivity contribution is 7.99. The van der Waals surface area contributed by atoms with Crippen LogP contribution in [0.5, 0.6) is 0 Å². The van der Waals surface area contributed by atoms with Gasteiger partial charge in [-0.25, -0.2) is 4.98 Å². The Kier molecular flexibility index (Phi) is 4.40. The molecule has 1 atom stereocenters. The summed E-state index contributed by atoms with van der Waals surface area (Å²) in [5.74, 6) is 0.243. The molecular formula is C7H9ClN2O3S. The maximum absolute atomic E-state index is 11.0. The van der Waals surface area contributed by atoms with Crippen molar-refractivity contribution in [3.8, 4) is 0 Å². The van der Waals surface area contributed by atoms with Gasteiger partial charge in [-0.3, -0.25) is 4.79 Å². The molecule has 0 amide bonds. The zero-order valence-electron chi connectivity index (χ0n) is 7.11. The lowest BCUT2D eigenvalue weighted by molar-refractivity contribution is 0.113. The van der Waals surface area contributed by atoms with Crippen LogP contribution in [0.4, 0.5) is 0 Å². The molecule has 0 aliphatic carbocycles. The van der Waals surface area contributed by atoms with E-state index in [2.05, 4.69) is 9.97 Å². The third-order valence-corrected chi connectivity index (χ3v) is 2.98. The summed E-state index contributed by atoms with van der Waals surface area (Å²) in [7, 11) is 0. The SMILES string of the molecule is O=c1[nH]cnc(SCC(O)CO)c1Cl. The van der Waals surface area contributed by atoms with Gasteiger partial charge in [0, 0.05) is 5.75 Å². The summed E-state index contributed by atoms with van der Waals surface area (Å²) in [5.41, 5.74) is -0.414. The van der Waals surface area contributed by atoms with Crippen molar-refractivity contribution < 1.29 is 10.2 Å². The summed E-state index contributed by atoms with van der Waals surface area (Å²) in [4.78, 5) is 17.1. The summed E-state index contributed by atoms with van der Waals surface area (Å²) in [6.45, 7) is -0.326. The Hall–Kier alpha value is -0.560. The third-order valence-electron chi connectivity index (χ3n) is 1.39. The van der Waals surface area contributed by atoms with E-state index in [0.717, 1.165) is 11.8 Å². The van der Waals surface area contributed by atoms with Crippen molar-refractivity contribution in [2.45, 2.75) is 11.1 Å². The van der Waals surface area contributed by atoms with E-state index in [1.54, 1.807) is 0 Å². The molecule has 0 aliphatic heterocycles. The van der Waals surface area contributed by atoms with E-state index in [4.69, 9.17) is 21.8 Å². The fourth-order valence-electron chi connectivity index (χ4n) is 0.695. The fraction of sp³-hybridized carbons (Fsp3) is 0.429. The first-order valence-corrected chi connectivity index (χ1v) is 5.16.